The minimum atomic E-state index is 0.453. The van der Waals surface area contributed by atoms with Gasteiger partial charge in [-0.15, -0.1) is 10.2 Å². The molecule has 0 aliphatic heterocycles. The predicted octanol–water partition coefficient (Wildman–Crippen LogP) is 8.37. The maximum Gasteiger partial charge on any atom is 0.213 e. The molecule has 1 aromatic heterocycles. The standard InChI is InChI=1S/C26H25Cl2N3OS/c1-4-32-22-10-6-9-20(14-22)25-29-30-26(33-25)31(21-11-12-23(27)24(28)15-21)16-18-7-5-8-19(13-18)17(2)3/h5-15,17H,4,16H2,1-3H3. The van der Waals surface area contributed by atoms with E-state index in [9.17, 15) is 0 Å². The van der Waals surface area contributed by atoms with Crippen LogP contribution in [0.3, 0.4) is 0 Å². The van der Waals surface area contributed by atoms with Gasteiger partial charge in [-0.1, -0.05) is 84.8 Å². The number of rotatable bonds is 8. The van der Waals surface area contributed by atoms with Crippen molar-refractivity contribution in [3.63, 3.8) is 0 Å². The van der Waals surface area contributed by atoms with E-state index < -0.39 is 0 Å². The van der Waals surface area contributed by atoms with E-state index in [0.717, 1.165) is 27.1 Å². The SMILES string of the molecule is CCOc1cccc(-c2nnc(N(Cc3cccc(C(C)C)c3)c3ccc(Cl)c(Cl)c3)s2)c1. The molecule has 0 unspecified atom stereocenters. The summed E-state index contributed by atoms with van der Waals surface area (Å²) < 4.78 is 5.64. The molecule has 1 heterocycles. The van der Waals surface area contributed by atoms with E-state index in [1.807, 2.05) is 49.4 Å². The van der Waals surface area contributed by atoms with Crippen molar-refractivity contribution in [1.29, 1.82) is 0 Å². The maximum atomic E-state index is 6.36. The average molecular weight is 498 g/mol. The van der Waals surface area contributed by atoms with Gasteiger partial charge in [0.05, 0.1) is 23.2 Å². The summed E-state index contributed by atoms with van der Waals surface area (Å²) in [6.45, 7) is 7.61. The van der Waals surface area contributed by atoms with E-state index in [0.29, 0.717) is 29.1 Å². The first-order valence-electron chi connectivity index (χ1n) is 10.8. The van der Waals surface area contributed by atoms with Gasteiger partial charge in [0.1, 0.15) is 10.8 Å². The van der Waals surface area contributed by atoms with Gasteiger partial charge >= 0.3 is 0 Å². The number of hydrogen-bond donors (Lipinski definition) is 0. The molecule has 0 fully saturated rings. The molecular formula is C26H25Cl2N3OS. The molecule has 0 aliphatic rings. The van der Waals surface area contributed by atoms with Crippen molar-refractivity contribution in [2.24, 2.45) is 0 Å². The monoisotopic (exact) mass is 497 g/mol. The van der Waals surface area contributed by atoms with E-state index in [4.69, 9.17) is 27.9 Å². The Bertz CT molecular complexity index is 1240. The fourth-order valence-corrected chi connectivity index (χ4v) is 4.64. The lowest BCUT2D eigenvalue weighted by molar-refractivity contribution is 0.340. The molecule has 4 aromatic rings. The Morgan fingerprint density at radius 1 is 0.939 bits per heavy atom. The molecule has 4 rings (SSSR count). The van der Waals surface area contributed by atoms with Crippen LogP contribution >= 0.6 is 34.5 Å². The van der Waals surface area contributed by atoms with Crippen LogP contribution in [-0.2, 0) is 6.54 Å². The lowest BCUT2D eigenvalue weighted by Gasteiger charge is -2.22. The van der Waals surface area contributed by atoms with Gasteiger partial charge in [-0.2, -0.15) is 0 Å². The molecular weight excluding hydrogens is 473 g/mol. The molecule has 0 atom stereocenters. The van der Waals surface area contributed by atoms with Crippen LogP contribution < -0.4 is 9.64 Å². The molecule has 3 aromatic carbocycles. The van der Waals surface area contributed by atoms with Crippen molar-refractivity contribution in [3.8, 4) is 16.3 Å². The summed E-state index contributed by atoms with van der Waals surface area (Å²) in [7, 11) is 0. The van der Waals surface area contributed by atoms with Crippen molar-refractivity contribution in [1.82, 2.24) is 10.2 Å². The Morgan fingerprint density at radius 2 is 1.76 bits per heavy atom. The van der Waals surface area contributed by atoms with Crippen LogP contribution in [0.5, 0.6) is 5.75 Å². The van der Waals surface area contributed by atoms with Crippen molar-refractivity contribution >= 4 is 45.4 Å². The number of anilines is 2. The number of nitrogens with zero attached hydrogens (tertiary/aromatic N) is 3. The van der Waals surface area contributed by atoms with E-state index in [2.05, 4.69) is 53.2 Å². The quantitative estimate of drug-likeness (QED) is 0.245. The smallest absolute Gasteiger partial charge is 0.213 e. The van der Waals surface area contributed by atoms with Crippen LogP contribution in [0.25, 0.3) is 10.6 Å². The molecule has 170 valence electrons. The second-order valence-corrected chi connectivity index (χ2v) is 9.71. The Morgan fingerprint density at radius 3 is 2.52 bits per heavy atom. The number of benzene rings is 3. The Kier molecular flexibility index (Phi) is 7.53. The first-order chi connectivity index (χ1) is 15.9. The van der Waals surface area contributed by atoms with Crippen molar-refractivity contribution < 1.29 is 4.74 Å². The second kappa shape index (κ2) is 10.6. The number of ether oxygens (including phenoxy) is 1. The Balaban J connectivity index is 1.72. The molecule has 4 nitrogen and oxygen atoms in total. The lowest BCUT2D eigenvalue weighted by Crippen LogP contribution is -2.16. The lowest BCUT2D eigenvalue weighted by atomic mass is 10.0. The highest BCUT2D eigenvalue weighted by molar-refractivity contribution is 7.18. The van der Waals surface area contributed by atoms with Gasteiger partial charge in [0.25, 0.3) is 0 Å². The van der Waals surface area contributed by atoms with Crippen molar-refractivity contribution in [2.75, 3.05) is 11.5 Å². The summed E-state index contributed by atoms with van der Waals surface area (Å²) >= 11 is 14.1. The molecule has 7 heteroatoms. The molecule has 33 heavy (non-hydrogen) atoms. The zero-order valence-corrected chi connectivity index (χ0v) is 21.1. The van der Waals surface area contributed by atoms with E-state index >= 15 is 0 Å². The summed E-state index contributed by atoms with van der Waals surface area (Å²) in [6, 6.07) is 22.2. The molecule has 0 radical (unpaired) electrons. The largest absolute Gasteiger partial charge is 0.494 e. The van der Waals surface area contributed by atoms with Crippen molar-refractivity contribution in [2.45, 2.75) is 33.2 Å². The topological polar surface area (TPSA) is 38.3 Å². The molecule has 0 spiro atoms. The summed E-state index contributed by atoms with van der Waals surface area (Å²) in [5, 5.41) is 11.6. The first-order valence-corrected chi connectivity index (χ1v) is 12.4. The van der Waals surface area contributed by atoms with Crippen molar-refractivity contribution in [3.05, 3.63) is 87.9 Å². The normalized spacial score (nSPS) is 11.1. The fraction of sp³-hybridized carbons (Fsp3) is 0.231. The Labute approximate surface area is 208 Å². The third-order valence-corrected chi connectivity index (χ3v) is 6.94. The van der Waals surface area contributed by atoms with E-state index in [1.165, 1.54) is 22.5 Å². The van der Waals surface area contributed by atoms with Crippen LogP contribution in [0.1, 0.15) is 37.8 Å². The molecule has 0 saturated carbocycles. The third-order valence-electron chi connectivity index (χ3n) is 5.21. The van der Waals surface area contributed by atoms with Gasteiger partial charge in [0, 0.05) is 11.3 Å². The summed E-state index contributed by atoms with van der Waals surface area (Å²) in [5.74, 6) is 1.27. The number of aromatic nitrogens is 2. The van der Waals surface area contributed by atoms with Gasteiger partial charge in [0.2, 0.25) is 5.13 Å². The summed E-state index contributed by atoms with van der Waals surface area (Å²) in [6.07, 6.45) is 0. The van der Waals surface area contributed by atoms with E-state index in [-0.39, 0.29) is 0 Å². The van der Waals surface area contributed by atoms with Crippen LogP contribution in [-0.4, -0.2) is 16.8 Å². The maximum absolute atomic E-state index is 6.36. The predicted molar refractivity (Wildman–Crippen MR) is 139 cm³/mol. The molecule has 0 amide bonds. The zero-order valence-electron chi connectivity index (χ0n) is 18.8. The molecule has 0 N–H and O–H groups in total. The fourth-order valence-electron chi connectivity index (χ4n) is 3.48. The van der Waals surface area contributed by atoms with Gasteiger partial charge in [-0.3, -0.25) is 0 Å². The van der Waals surface area contributed by atoms with Crippen LogP contribution in [0.15, 0.2) is 66.7 Å². The van der Waals surface area contributed by atoms with Crippen LogP contribution in [0, 0.1) is 0 Å². The molecule has 0 bridgehead atoms. The minimum absolute atomic E-state index is 0.453. The zero-order chi connectivity index (χ0) is 23.4. The highest BCUT2D eigenvalue weighted by atomic mass is 35.5. The highest BCUT2D eigenvalue weighted by Gasteiger charge is 2.18. The summed E-state index contributed by atoms with van der Waals surface area (Å²) in [5.41, 5.74) is 4.36. The number of halogens is 2. The summed E-state index contributed by atoms with van der Waals surface area (Å²) in [4.78, 5) is 2.12. The molecule has 0 saturated heterocycles. The third kappa shape index (κ3) is 5.67. The Hall–Kier alpha value is -2.60. The number of hydrogen-bond acceptors (Lipinski definition) is 5. The van der Waals surface area contributed by atoms with Crippen LogP contribution in [0.4, 0.5) is 10.8 Å². The first kappa shape index (κ1) is 23.6. The average Bonchev–Trinajstić information content (AvgIpc) is 3.30. The van der Waals surface area contributed by atoms with Gasteiger partial charge in [0.15, 0.2) is 0 Å². The van der Waals surface area contributed by atoms with Gasteiger partial charge in [-0.05, 0) is 54.3 Å². The van der Waals surface area contributed by atoms with Gasteiger partial charge in [-0.25, -0.2) is 0 Å². The van der Waals surface area contributed by atoms with Crippen LogP contribution in [0.2, 0.25) is 10.0 Å². The van der Waals surface area contributed by atoms with Gasteiger partial charge < -0.3 is 9.64 Å². The molecule has 0 aliphatic carbocycles. The second-order valence-electron chi connectivity index (χ2n) is 7.93. The van der Waals surface area contributed by atoms with E-state index in [1.54, 1.807) is 0 Å². The highest BCUT2D eigenvalue weighted by Crippen LogP contribution is 2.37. The minimum Gasteiger partial charge on any atom is -0.494 e.